The quantitative estimate of drug-likeness (QED) is 0.0605. The van der Waals surface area contributed by atoms with Crippen molar-refractivity contribution in [3.63, 3.8) is 0 Å². The number of nitrogens with one attached hydrogen (secondary N) is 1. The van der Waals surface area contributed by atoms with E-state index in [4.69, 9.17) is 9.47 Å². The van der Waals surface area contributed by atoms with E-state index in [9.17, 15) is 0 Å². The summed E-state index contributed by atoms with van der Waals surface area (Å²) >= 11 is 0. The summed E-state index contributed by atoms with van der Waals surface area (Å²) in [7, 11) is 2.01. The Labute approximate surface area is 275 Å². The Morgan fingerprint density at radius 2 is 0.909 bits per heavy atom. The molecule has 0 bridgehead atoms. The zero-order valence-corrected chi connectivity index (χ0v) is 29.8. The van der Waals surface area contributed by atoms with Crippen molar-refractivity contribution in [3.8, 4) is 0 Å². The van der Waals surface area contributed by atoms with Gasteiger partial charge in [0.1, 0.15) is 0 Å². The lowest BCUT2D eigenvalue weighted by Gasteiger charge is -2.28. The van der Waals surface area contributed by atoms with Crippen LogP contribution in [0.4, 0.5) is 0 Å². The molecule has 1 heterocycles. The largest absolute Gasteiger partial charge is 0.347 e. The first-order valence-corrected chi connectivity index (χ1v) is 19.3. The maximum Gasteiger partial charge on any atom is 0.168 e. The number of allylic oxidation sites excluding steroid dienone is 8. The van der Waals surface area contributed by atoms with Gasteiger partial charge in [0.2, 0.25) is 0 Å². The van der Waals surface area contributed by atoms with E-state index in [0.717, 1.165) is 38.8 Å². The normalized spacial score (nSPS) is 17.0. The van der Waals surface area contributed by atoms with Gasteiger partial charge >= 0.3 is 0 Å². The van der Waals surface area contributed by atoms with Gasteiger partial charge in [-0.25, -0.2) is 0 Å². The third-order valence-corrected chi connectivity index (χ3v) is 8.86. The van der Waals surface area contributed by atoms with Gasteiger partial charge in [-0.15, -0.1) is 0 Å². The minimum Gasteiger partial charge on any atom is -0.347 e. The summed E-state index contributed by atoms with van der Waals surface area (Å²) in [5.74, 6) is -0.327. The highest BCUT2D eigenvalue weighted by atomic mass is 16.7. The van der Waals surface area contributed by atoms with Crippen molar-refractivity contribution in [2.75, 3.05) is 20.2 Å². The summed E-state index contributed by atoms with van der Waals surface area (Å²) in [6.45, 7) is 6.16. The second-order valence-corrected chi connectivity index (χ2v) is 13.2. The molecule has 1 saturated heterocycles. The molecule has 1 rings (SSSR count). The average Bonchev–Trinajstić information content (AvgIpc) is 3.43. The molecule has 0 radical (unpaired) electrons. The molecule has 1 fully saturated rings. The molecule has 1 aliphatic rings. The van der Waals surface area contributed by atoms with Gasteiger partial charge in [0.15, 0.2) is 5.79 Å². The molecular weight excluding hydrogens is 538 g/mol. The maximum atomic E-state index is 6.53. The highest BCUT2D eigenvalue weighted by molar-refractivity contribution is 4.93. The standard InChI is InChI=1S/C41H75NO2/c1-4-6-8-10-12-14-16-18-20-22-24-26-28-30-32-34-36-41(43-39-40(44-41)38-42-3)37-35-33-31-29-27-25-23-21-19-17-15-13-11-9-7-5-2/h12-15,18-21,40,42H,4-11,16-17,22-39H2,1-3H3/b14-12-,15-13-,20-18-,21-19-/t40-/m1/s1. The Kier molecular flexibility index (Phi) is 29.5. The Hall–Kier alpha value is -1.16. The van der Waals surface area contributed by atoms with Crippen molar-refractivity contribution in [1.29, 1.82) is 0 Å². The Balaban J connectivity index is 2.08. The van der Waals surface area contributed by atoms with Crippen LogP contribution in [0.5, 0.6) is 0 Å². The van der Waals surface area contributed by atoms with Crippen LogP contribution in [0.3, 0.4) is 0 Å². The second-order valence-electron chi connectivity index (χ2n) is 13.2. The fraction of sp³-hybridized carbons (Fsp3) is 0.805. The third kappa shape index (κ3) is 25.1. The van der Waals surface area contributed by atoms with Crippen LogP contribution in [0.2, 0.25) is 0 Å². The zero-order chi connectivity index (χ0) is 31.7. The van der Waals surface area contributed by atoms with E-state index in [1.54, 1.807) is 0 Å². The first kappa shape index (κ1) is 40.9. The van der Waals surface area contributed by atoms with Gasteiger partial charge in [0, 0.05) is 19.4 Å². The minimum absolute atomic E-state index is 0.203. The Morgan fingerprint density at radius 3 is 1.32 bits per heavy atom. The van der Waals surface area contributed by atoms with Crippen molar-refractivity contribution in [1.82, 2.24) is 5.32 Å². The molecule has 0 unspecified atom stereocenters. The summed E-state index contributed by atoms with van der Waals surface area (Å²) in [4.78, 5) is 0. The molecule has 0 saturated carbocycles. The zero-order valence-electron chi connectivity index (χ0n) is 29.8. The van der Waals surface area contributed by atoms with E-state index < -0.39 is 0 Å². The third-order valence-electron chi connectivity index (χ3n) is 8.86. The summed E-state index contributed by atoms with van der Waals surface area (Å²) in [5, 5.41) is 3.27. The fourth-order valence-electron chi connectivity index (χ4n) is 6.10. The minimum atomic E-state index is -0.327. The summed E-state index contributed by atoms with van der Waals surface area (Å²) in [6, 6.07) is 0. The molecule has 1 N–H and O–H groups in total. The van der Waals surface area contributed by atoms with Gasteiger partial charge in [-0.1, -0.05) is 140 Å². The molecule has 0 aromatic rings. The number of hydrogen-bond donors (Lipinski definition) is 1. The predicted molar refractivity (Wildman–Crippen MR) is 195 cm³/mol. The van der Waals surface area contributed by atoms with Crippen LogP contribution in [0.15, 0.2) is 48.6 Å². The molecule has 1 aliphatic heterocycles. The van der Waals surface area contributed by atoms with Crippen LogP contribution in [-0.2, 0) is 9.47 Å². The van der Waals surface area contributed by atoms with Crippen molar-refractivity contribution in [2.24, 2.45) is 0 Å². The van der Waals surface area contributed by atoms with Gasteiger partial charge in [-0.05, 0) is 84.1 Å². The molecule has 0 aliphatic carbocycles. The lowest BCUT2D eigenvalue weighted by atomic mass is 9.98. The molecule has 0 aromatic heterocycles. The van der Waals surface area contributed by atoms with Crippen molar-refractivity contribution < 1.29 is 9.47 Å². The van der Waals surface area contributed by atoms with E-state index in [1.807, 2.05) is 7.05 Å². The Morgan fingerprint density at radius 1 is 0.523 bits per heavy atom. The summed E-state index contributed by atoms with van der Waals surface area (Å²) in [6.07, 6.45) is 52.1. The van der Waals surface area contributed by atoms with E-state index in [1.165, 1.54) is 141 Å². The smallest absolute Gasteiger partial charge is 0.168 e. The van der Waals surface area contributed by atoms with Crippen molar-refractivity contribution in [2.45, 2.75) is 193 Å². The van der Waals surface area contributed by atoms with Gasteiger partial charge in [0.25, 0.3) is 0 Å². The lowest BCUT2D eigenvalue weighted by molar-refractivity contribution is -0.178. The molecule has 0 amide bonds. The van der Waals surface area contributed by atoms with E-state index in [0.29, 0.717) is 0 Å². The average molecular weight is 614 g/mol. The number of ether oxygens (including phenoxy) is 2. The highest BCUT2D eigenvalue weighted by Gasteiger charge is 2.40. The molecule has 0 spiro atoms. The summed E-state index contributed by atoms with van der Waals surface area (Å²) < 4.78 is 12.9. The van der Waals surface area contributed by atoms with E-state index in [-0.39, 0.29) is 11.9 Å². The predicted octanol–water partition coefficient (Wildman–Crippen LogP) is 12.7. The van der Waals surface area contributed by atoms with Crippen LogP contribution in [0.25, 0.3) is 0 Å². The first-order chi connectivity index (χ1) is 21.8. The maximum absolute atomic E-state index is 6.53. The van der Waals surface area contributed by atoms with Crippen LogP contribution < -0.4 is 5.32 Å². The topological polar surface area (TPSA) is 30.5 Å². The van der Waals surface area contributed by atoms with Crippen molar-refractivity contribution in [3.05, 3.63) is 48.6 Å². The van der Waals surface area contributed by atoms with Crippen LogP contribution >= 0.6 is 0 Å². The van der Waals surface area contributed by atoms with Crippen molar-refractivity contribution >= 4 is 0 Å². The highest BCUT2D eigenvalue weighted by Crippen LogP contribution is 2.34. The number of unbranched alkanes of at least 4 members (excludes halogenated alkanes) is 18. The molecule has 256 valence electrons. The van der Waals surface area contributed by atoms with E-state index in [2.05, 4.69) is 67.8 Å². The van der Waals surface area contributed by atoms with Gasteiger partial charge < -0.3 is 14.8 Å². The first-order valence-electron chi connectivity index (χ1n) is 19.3. The van der Waals surface area contributed by atoms with Crippen LogP contribution in [0.1, 0.15) is 181 Å². The second kappa shape index (κ2) is 31.8. The van der Waals surface area contributed by atoms with Gasteiger partial charge in [-0.3, -0.25) is 0 Å². The molecule has 3 nitrogen and oxygen atoms in total. The van der Waals surface area contributed by atoms with Gasteiger partial charge in [-0.2, -0.15) is 0 Å². The Bertz CT molecular complexity index is 661. The molecule has 3 heteroatoms. The fourth-order valence-corrected chi connectivity index (χ4v) is 6.10. The summed E-state index contributed by atoms with van der Waals surface area (Å²) in [5.41, 5.74) is 0. The molecule has 44 heavy (non-hydrogen) atoms. The van der Waals surface area contributed by atoms with Gasteiger partial charge in [0.05, 0.1) is 12.7 Å². The lowest BCUT2D eigenvalue weighted by Crippen LogP contribution is -2.33. The number of likely N-dealkylation sites (N-methyl/N-ethyl adjacent to an activating group) is 1. The van der Waals surface area contributed by atoms with Crippen LogP contribution in [-0.4, -0.2) is 32.1 Å². The SMILES string of the molecule is CCCCC/C=C\C/C=C\CCCCCCCCC1(CCCCCCCC/C=C\C/C=C\CCCCC)OC[C@@H](CNC)O1. The molecular formula is C41H75NO2. The number of hydrogen-bond acceptors (Lipinski definition) is 3. The molecule has 1 atom stereocenters. The van der Waals surface area contributed by atoms with Crippen LogP contribution in [0, 0.1) is 0 Å². The monoisotopic (exact) mass is 614 g/mol. The van der Waals surface area contributed by atoms with E-state index >= 15 is 0 Å². The number of rotatable bonds is 32. The molecule has 0 aromatic carbocycles.